The lowest BCUT2D eigenvalue weighted by molar-refractivity contribution is -0.159. The second-order valence-corrected chi connectivity index (χ2v) is 7.50. The van der Waals surface area contributed by atoms with Crippen molar-refractivity contribution in [3.05, 3.63) is 55.3 Å². The molecule has 0 bridgehead atoms. The molecule has 254 valence electrons. The number of nitrogens with zero attached hydrogens (tertiary/aromatic N) is 1. The van der Waals surface area contributed by atoms with Gasteiger partial charge in [-0.15, -0.1) is 5.73 Å². The number of carboxylic acid groups (broad SMARTS) is 8. The fourth-order valence-corrected chi connectivity index (χ4v) is 1.80. The summed E-state index contributed by atoms with van der Waals surface area (Å²) in [6.07, 6.45) is 0.546. The van der Waals surface area contributed by atoms with Crippen molar-refractivity contribution < 1.29 is 79.2 Å². The van der Waals surface area contributed by atoms with Gasteiger partial charge in [-0.2, -0.15) is 0 Å². The fraction of sp³-hybridized carbons (Fsp3) is 0.346. The van der Waals surface area contributed by atoms with Crippen LogP contribution in [0.1, 0.15) is 25.7 Å². The quantitative estimate of drug-likeness (QED) is 0.0942. The molecule has 0 amide bonds. The number of hydrogen-bond acceptors (Lipinski definition) is 11. The highest BCUT2D eigenvalue weighted by Crippen LogP contribution is 1.91. The first-order valence-corrected chi connectivity index (χ1v) is 12.0. The minimum atomic E-state index is -1.82. The molecule has 0 unspecified atom stereocenters. The van der Waals surface area contributed by atoms with Crippen LogP contribution in [0.5, 0.6) is 0 Å². The molecule has 45 heavy (non-hydrogen) atoms. The van der Waals surface area contributed by atoms with E-state index in [1.54, 1.807) is 0 Å². The normalized spacial score (nSPS) is 9.22. The topological polar surface area (TPSA) is 354 Å². The maximum Gasteiger partial charge on any atom is 0.414 e. The lowest BCUT2D eigenvalue weighted by Gasteiger charge is -2.14. The van der Waals surface area contributed by atoms with Gasteiger partial charge >= 0.3 is 47.8 Å². The highest BCUT2D eigenvalue weighted by Gasteiger charge is 2.15. The second kappa shape index (κ2) is 34.6. The monoisotopic (exact) mass is 649 g/mol. The lowest BCUT2D eigenvalue weighted by atomic mass is 10.2. The van der Waals surface area contributed by atoms with E-state index in [1.807, 2.05) is 36.4 Å². The summed E-state index contributed by atoms with van der Waals surface area (Å²) in [5.41, 5.74) is 12.5. The van der Waals surface area contributed by atoms with Crippen LogP contribution in [-0.4, -0.2) is 126 Å². The molecule has 0 fully saturated rings. The van der Waals surface area contributed by atoms with Crippen molar-refractivity contribution >= 4 is 47.8 Å². The van der Waals surface area contributed by atoms with Crippen LogP contribution >= 0.6 is 0 Å². The molecule has 0 saturated carbocycles. The Morgan fingerprint density at radius 3 is 1.02 bits per heavy atom. The number of aliphatic carboxylic acids is 8. The van der Waals surface area contributed by atoms with Crippen molar-refractivity contribution in [1.82, 2.24) is 4.90 Å². The van der Waals surface area contributed by atoms with Gasteiger partial charge < -0.3 is 52.3 Å². The number of hydrogen-bond donors (Lipinski definition) is 10. The van der Waals surface area contributed by atoms with E-state index < -0.39 is 73.4 Å². The average molecular weight is 650 g/mol. The van der Waals surface area contributed by atoms with Crippen molar-refractivity contribution in [2.75, 3.05) is 26.2 Å². The van der Waals surface area contributed by atoms with E-state index in [0.29, 0.717) is 19.4 Å². The van der Waals surface area contributed by atoms with E-state index in [-0.39, 0.29) is 12.8 Å². The van der Waals surface area contributed by atoms with Gasteiger partial charge in [0.05, 0.1) is 32.5 Å². The van der Waals surface area contributed by atoms with Gasteiger partial charge in [0.15, 0.2) is 0 Å². The summed E-state index contributed by atoms with van der Waals surface area (Å²) in [6.45, 7) is 4.96. The molecule has 0 aliphatic heterocycles. The van der Waals surface area contributed by atoms with E-state index in [0.717, 1.165) is 4.90 Å². The molecule has 1 atom stereocenters. The summed E-state index contributed by atoms with van der Waals surface area (Å²) in [5.74, 6) is -10.5. The van der Waals surface area contributed by atoms with Gasteiger partial charge in [-0.1, -0.05) is 49.6 Å². The fourth-order valence-electron chi connectivity index (χ4n) is 1.80. The van der Waals surface area contributed by atoms with Gasteiger partial charge in [0.1, 0.15) is 6.04 Å². The molecule has 1 rings (SSSR count). The third-order valence-electron chi connectivity index (χ3n) is 3.52. The Morgan fingerprint density at radius 2 is 0.867 bits per heavy atom. The molecule has 0 saturated heterocycles. The van der Waals surface area contributed by atoms with E-state index in [2.05, 4.69) is 18.9 Å². The Hall–Kier alpha value is -5.62. The predicted octanol–water partition coefficient (Wildman–Crippen LogP) is -0.585. The number of carbonyl (C=O) groups is 8. The first kappa shape index (κ1) is 49.1. The smallest absolute Gasteiger partial charge is 0.414 e. The SMILES string of the molecule is C=C=C.NCCC[C@H](N)C(=O)O.O=C(O)C(=O)O.O=C(O)CCC(=O)O.O=C(O)CN(CC(=O)O)CC(=O)O.c1ccccc1. The molecular weight excluding hydrogens is 610 g/mol. The highest BCUT2D eigenvalue weighted by atomic mass is 16.4. The summed E-state index contributed by atoms with van der Waals surface area (Å²) in [6, 6.07) is 11.3. The van der Waals surface area contributed by atoms with Crippen molar-refractivity contribution in [2.24, 2.45) is 11.5 Å². The minimum Gasteiger partial charge on any atom is -0.481 e. The minimum absolute atomic E-state index is 0.296. The van der Waals surface area contributed by atoms with Gasteiger partial charge in [0.25, 0.3) is 0 Å². The zero-order chi connectivity index (χ0) is 36.4. The number of benzene rings is 1. The maximum absolute atomic E-state index is 10.1. The van der Waals surface area contributed by atoms with Gasteiger partial charge in [-0.25, -0.2) is 9.59 Å². The summed E-state index contributed by atoms with van der Waals surface area (Å²) >= 11 is 0. The molecule has 19 nitrogen and oxygen atoms in total. The molecule has 0 aliphatic carbocycles. The van der Waals surface area contributed by atoms with Crippen LogP contribution in [-0.2, 0) is 38.4 Å². The molecular formula is C26H39N3O16. The van der Waals surface area contributed by atoms with Crippen molar-refractivity contribution in [3.8, 4) is 0 Å². The zero-order valence-electron chi connectivity index (χ0n) is 24.1. The van der Waals surface area contributed by atoms with Gasteiger partial charge in [-0.05, 0) is 19.4 Å². The van der Waals surface area contributed by atoms with E-state index in [4.69, 9.17) is 61.9 Å². The summed E-state index contributed by atoms with van der Waals surface area (Å²) < 4.78 is 0. The Labute approximate surface area is 256 Å². The molecule has 0 spiro atoms. The first-order chi connectivity index (χ1) is 20.8. The van der Waals surface area contributed by atoms with E-state index in [9.17, 15) is 28.8 Å². The summed E-state index contributed by atoms with van der Waals surface area (Å²) in [7, 11) is 0. The number of rotatable bonds is 13. The van der Waals surface area contributed by atoms with Crippen LogP contribution in [0.3, 0.4) is 0 Å². The molecule has 19 heteroatoms. The largest absolute Gasteiger partial charge is 0.481 e. The Kier molecular flexibility index (Phi) is 37.7. The Bertz CT molecular complexity index is 967. The molecule has 12 N–H and O–H groups in total. The lowest BCUT2D eigenvalue weighted by Crippen LogP contribution is -2.38. The molecule has 0 radical (unpaired) electrons. The summed E-state index contributed by atoms with van der Waals surface area (Å²) in [5, 5.41) is 63.7. The van der Waals surface area contributed by atoms with Crippen molar-refractivity contribution in [3.63, 3.8) is 0 Å². The molecule has 0 aliphatic rings. The predicted molar refractivity (Wildman–Crippen MR) is 154 cm³/mol. The van der Waals surface area contributed by atoms with Crippen molar-refractivity contribution in [2.45, 2.75) is 31.7 Å². The van der Waals surface area contributed by atoms with Gasteiger partial charge in [0.2, 0.25) is 0 Å². The molecule has 1 aromatic carbocycles. The second-order valence-electron chi connectivity index (χ2n) is 7.50. The van der Waals surface area contributed by atoms with Crippen LogP contribution in [0.2, 0.25) is 0 Å². The third kappa shape index (κ3) is 58.8. The maximum atomic E-state index is 10.1. The summed E-state index contributed by atoms with van der Waals surface area (Å²) in [4.78, 5) is 78.8. The standard InChI is InChI=1S/C6H9NO6.C6H6.C5H12N2O2.C4H6O4.C3H4.C2H2O4/c8-4(9)1-7(2-5(10)11)3-6(12)13;1-2-4-6-5-3-1;6-3-1-2-4(7)5(8)9;5-3(6)1-2-4(7)8;1-3-2;3-1(4)2(5)6/h1-3H2,(H,8,9)(H,10,11)(H,12,13);1-6H;4H,1-3,6-7H2,(H,8,9);1-2H2,(H,5,6)(H,7,8);1-2H2;(H,3,4)(H,5,6)/t;;4-;;;/m..0.../s1. The molecule has 1 aromatic rings. The average Bonchev–Trinajstić information content (AvgIpc) is 2.92. The van der Waals surface area contributed by atoms with Crippen LogP contribution < -0.4 is 11.5 Å². The third-order valence-corrected chi connectivity index (χ3v) is 3.52. The Balaban J connectivity index is -0.000000149. The van der Waals surface area contributed by atoms with Crippen molar-refractivity contribution in [1.29, 1.82) is 0 Å². The van der Waals surface area contributed by atoms with Crippen LogP contribution in [0, 0.1) is 0 Å². The number of carboxylic acids is 8. The first-order valence-electron chi connectivity index (χ1n) is 12.0. The molecule has 0 heterocycles. The molecule has 0 aromatic heterocycles. The van der Waals surface area contributed by atoms with Crippen LogP contribution in [0.25, 0.3) is 0 Å². The highest BCUT2D eigenvalue weighted by molar-refractivity contribution is 6.27. The van der Waals surface area contributed by atoms with E-state index in [1.165, 1.54) is 0 Å². The van der Waals surface area contributed by atoms with Crippen LogP contribution in [0.4, 0.5) is 0 Å². The van der Waals surface area contributed by atoms with Crippen LogP contribution in [0.15, 0.2) is 55.3 Å². The number of nitrogens with two attached hydrogens (primary N) is 2. The van der Waals surface area contributed by atoms with Gasteiger partial charge in [-0.3, -0.25) is 33.7 Å². The van der Waals surface area contributed by atoms with E-state index >= 15 is 0 Å². The zero-order valence-corrected chi connectivity index (χ0v) is 24.1. The Morgan fingerprint density at radius 1 is 0.600 bits per heavy atom. The van der Waals surface area contributed by atoms with Gasteiger partial charge in [0, 0.05) is 0 Å².